The molecule has 0 amide bonds. The van der Waals surface area contributed by atoms with E-state index in [2.05, 4.69) is 69.6 Å². The predicted molar refractivity (Wildman–Crippen MR) is 99.3 cm³/mol. The second kappa shape index (κ2) is 6.57. The van der Waals surface area contributed by atoms with Gasteiger partial charge in [0.05, 0.1) is 0 Å². The van der Waals surface area contributed by atoms with Gasteiger partial charge in [0.1, 0.15) is 12.1 Å². The molecule has 0 aliphatic carbocycles. The van der Waals surface area contributed by atoms with E-state index in [0.717, 1.165) is 37.4 Å². The summed E-state index contributed by atoms with van der Waals surface area (Å²) in [7, 11) is 0. The average molecular weight is 318 g/mol. The maximum absolute atomic E-state index is 4.67. The molecule has 0 bridgehead atoms. The van der Waals surface area contributed by atoms with E-state index in [-0.39, 0.29) is 0 Å². The molecule has 3 aromatic rings. The molecule has 0 radical (unpaired) electrons. The van der Waals surface area contributed by atoms with Gasteiger partial charge in [0.2, 0.25) is 0 Å². The van der Waals surface area contributed by atoms with Crippen LogP contribution in [-0.4, -0.2) is 35.6 Å². The lowest BCUT2D eigenvalue weighted by molar-refractivity contribution is 0.463. The Balaban J connectivity index is 1.87. The van der Waals surface area contributed by atoms with Crippen LogP contribution in [0.25, 0.3) is 21.9 Å². The van der Waals surface area contributed by atoms with Gasteiger partial charge in [-0.3, -0.25) is 0 Å². The summed E-state index contributed by atoms with van der Waals surface area (Å²) in [6.45, 7) is 5.22. The van der Waals surface area contributed by atoms with E-state index in [4.69, 9.17) is 0 Å². The third-order valence-corrected chi connectivity index (χ3v) is 4.86. The van der Waals surface area contributed by atoms with Crippen LogP contribution in [0.15, 0.2) is 55.0 Å². The second-order valence-corrected chi connectivity index (χ2v) is 6.25. The van der Waals surface area contributed by atoms with Crippen LogP contribution in [0.5, 0.6) is 0 Å². The molecule has 1 fully saturated rings. The Labute approximate surface area is 142 Å². The van der Waals surface area contributed by atoms with E-state index < -0.39 is 0 Å². The summed E-state index contributed by atoms with van der Waals surface area (Å²) < 4.78 is 0. The summed E-state index contributed by atoms with van der Waals surface area (Å²) >= 11 is 0. The zero-order valence-electron chi connectivity index (χ0n) is 13.9. The van der Waals surface area contributed by atoms with Crippen molar-refractivity contribution in [2.45, 2.75) is 19.4 Å². The number of aromatic nitrogens is 2. The molecule has 1 atom stereocenters. The van der Waals surface area contributed by atoms with Crippen LogP contribution in [0.4, 0.5) is 5.82 Å². The first-order valence-electron chi connectivity index (χ1n) is 8.64. The Morgan fingerprint density at radius 3 is 2.92 bits per heavy atom. The normalized spacial score (nSPS) is 18.0. The molecular weight excluding hydrogens is 296 g/mol. The highest BCUT2D eigenvalue weighted by molar-refractivity contribution is 5.98. The van der Waals surface area contributed by atoms with Gasteiger partial charge in [0.25, 0.3) is 0 Å². The highest BCUT2D eigenvalue weighted by Gasteiger charge is 2.24. The van der Waals surface area contributed by atoms with E-state index in [1.165, 1.54) is 16.3 Å². The molecule has 1 aliphatic heterocycles. The molecule has 4 rings (SSSR count). The first kappa shape index (κ1) is 15.1. The summed E-state index contributed by atoms with van der Waals surface area (Å²) in [4.78, 5) is 11.4. The Kier molecular flexibility index (Phi) is 4.13. The summed E-state index contributed by atoms with van der Waals surface area (Å²) in [5.74, 6) is 1.05. The number of anilines is 1. The van der Waals surface area contributed by atoms with E-state index >= 15 is 0 Å². The number of hydrogen-bond acceptors (Lipinski definition) is 4. The third kappa shape index (κ3) is 2.63. The molecule has 4 heteroatoms. The maximum atomic E-state index is 4.67. The lowest BCUT2D eigenvalue weighted by Gasteiger charge is -2.37. The van der Waals surface area contributed by atoms with Crippen molar-refractivity contribution < 1.29 is 0 Å². The van der Waals surface area contributed by atoms with Gasteiger partial charge in [0, 0.05) is 37.4 Å². The smallest absolute Gasteiger partial charge is 0.140 e. The standard InChI is InChI=1S/C20H22N4/c1-2-16-12-21-10-11-24(16)20-19(13-22-14-23-20)18-9-5-7-15-6-3-4-8-17(15)18/h3-9,13-14,16,21H,2,10-12H2,1H3. The number of nitrogens with zero attached hydrogens (tertiary/aromatic N) is 3. The van der Waals surface area contributed by atoms with Gasteiger partial charge in [-0.05, 0) is 22.8 Å². The predicted octanol–water partition coefficient (Wildman–Crippen LogP) is 3.49. The molecule has 1 saturated heterocycles. The highest BCUT2D eigenvalue weighted by atomic mass is 15.3. The highest BCUT2D eigenvalue weighted by Crippen LogP contribution is 2.34. The fourth-order valence-electron chi connectivity index (χ4n) is 3.61. The quantitative estimate of drug-likeness (QED) is 0.802. The number of benzene rings is 2. The molecule has 1 aliphatic rings. The summed E-state index contributed by atoms with van der Waals surface area (Å²) in [6, 6.07) is 15.4. The van der Waals surface area contributed by atoms with Gasteiger partial charge in [-0.25, -0.2) is 9.97 Å². The number of rotatable bonds is 3. The third-order valence-electron chi connectivity index (χ3n) is 4.86. The largest absolute Gasteiger partial charge is 0.350 e. The van der Waals surface area contributed by atoms with Crippen LogP contribution in [0.2, 0.25) is 0 Å². The first-order chi connectivity index (χ1) is 11.9. The van der Waals surface area contributed by atoms with Crippen LogP contribution in [0.1, 0.15) is 13.3 Å². The van der Waals surface area contributed by atoms with Crippen molar-refractivity contribution in [3.63, 3.8) is 0 Å². The van der Waals surface area contributed by atoms with Crippen LogP contribution >= 0.6 is 0 Å². The molecule has 4 nitrogen and oxygen atoms in total. The van der Waals surface area contributed by atoms with E-state index in [0.29, 0.717) is 6.04 Å². The minimum absolute atomic E-state index is 0.474. The number of nitrogens with one attached hydrogen (secondary N) is 1. The second-order valence-electron chi connectivity index (χ2n) is 6.25. The molecule has 0 spiro atoms. The molecule has 2 aromatic carbocycles. The summed E-state index contributed by atoms with van der Waals surface area (Å²) in [5.41, 5.74) is 2.33. The monoisotopic (exact) mass is 318 g/mol. The lowest BCUT2D eigenvalue weighted by atomic mass is 9.98. The number of fused-ring (bicyclic) bond motifs is 1. The van der Waals surface area contributed by atoms with E-state index in [1.807, 2.05) is 6.20 Å². The Morgan fingerprint density at radius 1 is 1.12 bits per heavy atom. The fraction of sp³-hybridized carbons (Fsp3) is 0.300. The average Bonchev–Trinajstić information content (AvgIpc) is 2.67. The molecular formula is C20H22N4. The Hall–Kier alpha value is -2.46. The molecule has 24 heavy (non-hydrogen) atoms. The summed E-state index contributed by atoms with van der Waals surface area (Å²) in [6.07, 6.45) is 4.73. The first-order valence-corrected chi connectivity index (χ1v) is 8.64. The molecule has 0 saturated carbocycles. The minimum atomic E-state index is 0.474. The van der Waals surface area contributed by atoms with Crippen molar-refractivity contribution in [2.75, 3.05) is 24.5 Å². The van der Waals surface area contributed by atoms with Crippen molar-refractivity contribution in [3.8, 4) is 11.1 Å². The summed E-state index contributed by atoms with van der Waals surface area (Å²) in [5, 5.41) is 5.99. The van der Waals surface area contributed by atoms with E-state index in [1.54, 1.807) is 6.33 Å². The zero-order chi connectivity index (χ0) is 16.4. The topological polar surface area (TPSA) is 41.0 Å². The minimum Gasteiger partial charge on any atom is -0.350 e. The van der Waals surface area contributed by atoms with Crippen LogP contribution in [-0.2, 0) is 0 Å². The van der Waals surface area contributed by atoms with Crippen LogP contribution in [0, 0.1) is 0 Å². The SMILES string of the molecule is CCC1CNCCN1c1ncncc1-c1cccc2ccccc12. The van der Waals surface area contributed by atoms with Gasteiger partial charge in [-0.1, -0.05) is 49.4 Å². The number of hydrogen-bond donors (Lipinski definition) is 1. The molecule has 1 aromatic heterocycles. The van der Waals surface area contributed by atoms with E-state index in [9.17, 15) is 0 Å². The fourth-order valence-corrected chi connectivity index (χ4v) is 3.61. The van der Waals surface area contributed by atoms with Crippen molar-refractivity contribution in [1.29, 1.82) is 0 Å². The van der Waals surface area contributed by atoms with Gasteiger partial charge in [-0.15, -0.1) is 0 Å². The maximum Gasteiger partial charge on any atom is 0.140 e. The van der Waals surface area contributed by atoms with Gasteiger partial charge in [0.15, 0.2) is 0 Å². The van der Waals surface area contributed by atoms with Crippen molar-refractivity contribution in [2.24, 2.45) is 0 Å². The Bertz CT molecular complexity index is 840. The Morgan fingerprint density at radius 2 is 2.00 bits per heavy atom. The van der Waals surface area contributed by atoms with Gasteiger partial charge < -0.3 is 10.2 Å². The van der Waals surface area contributed by atoms with Crippen LogP contribution in [0.3, 0.4) is 0 Å². The van der Waals surface area contributed by atoms with Crippen molar-refractivity contribution in [3.05, 3.63) is 55.0 Å². The van der Waals surface area contributed by atoms with Gasteiger partial charge in [-0.2, -0.15) is 0 Å². The van der Waals surface area contributed by atoms with Crippen LogP contribution < -0.4 is 10.2 Å². The lowest BCUT2D eigenvalue weighted by Crippen LogP contribution is -2.51. The van der Waals surface area contributed by atoms with Gasteiger partial charge >= 0.3 is 0 Å². The van der Waals surface area contributed by atoms with Crippen molar-refractivity contribution >= 4 is 16.6 Å². The van der Waals surface area contributed by atoms with Crippen molar-refractivity contribution in [1.82, 2.24) is 15.3 Å². The zero-order valence-corrected chi connectivity index (χ0v) is 13.9. The number of piperazine rings is 1. The molecule has 1 N–H and O–H groups in total. The molecule has 2 heterocycles. The molecule has 1 unspecified atom stereocenters. The molecule has 122 valence electrons.